The number of carbonyl (C=O) groups excluding carboxylic acids is 1. The number of carboxylic acids is 1. The molecule has 0 aliphatic rings. The summed E-state index contributed by atoms with van der Waals surface area (Å²) in [5, 5.41) is 15.1. The van der Waals surface area contributed by atoms with E-state index in [-0.39, 0.29) is 18.7 Å². The van der Waals surface area contributed by atoms with E-state index in [1.54, 1.807) is 10.9 Å². The van der Waals surface area contributed by atoms with Gasteiger partial charge in [-0.2, -0.15) is 5.10 Å². The molecule has 0 unspecified atom stereocenters. The number of nitrogens with zero attached hydrogens (tertiary/aromatic N) is 2. The van der Waals surface area contributed by atoms with Gasteiger partial charge in [-0.15, -0.1) is 0 Å². The quantitative estimate of drug-likeness (QED) is 0.696. The predicted molar refractivity (Wildman–Crippen MR) is 56.7 cm³/mol. The molecule has 1 rings (SSSR count). The Kier molecular flexibility index (Phi) is 5.04. The third kappa shape index (κ3) is 5.14. The molecule has 1 aromatic heterocycles. The number of hydrogen-bond donors (Lipinski definition) is 2. The van der Waals surface area contributed by atoms with E-state index in [2.05, 4.69) is 10.4 Å². The first-order valence-electron chi connectivity index (χ1n) is 5.14. The normalized spacial score (nSPS) is 10.0. The minimum atomic E-state index is -0.871. The minimum Gasteiger partial charge on any atom is -0.481 e. The molecule has 2 N–H and O–H groups in total. The zero-order valence-electron chi connectivity index (χ0n) is 8.93. The van der Waals surface area contributed by atoms with E-state index < -0.39 is 5.97 Å². The van der Waals surface area contributed by atoms with Crippen molar-refractivity contribution in [1.82, 2.24) is 15.1 Å². The number of rotatable bonds is 7. The molecular weight excluding hydrogens is 210 g/mol. The molecule has 88 valence electrons. The Morgan fingerprint density at radius 3 is 2.81 bits per heavy atom. The third-order valence-electron chi connectivity index (χ3n) is 2.02. The van der Waals surface area contributed by atoms with E-state index in [1.165, 1.54) is 0 Å². The maximum absolute atomic E-state index is 11.2. The number of amides is 1. The largest absolute Gasteiger partial charge is 0.481 e. The zero-order chi connectivity index (χ0) is 11.8. The van der Waals surface area contributed by atoms with Crippen molar-refractivity contribution in [1.29, 1.82) is 0 Å². The molecule has 0 bridgehead atoms. The number of nitrogens with one attached hydrogen (secondary N) is 1. The fourth-order valence-corrected chi connectivity index (χ4v) is 1.23. The second kappa shape index (κ2) is 6.60. The highest BCUT2D eigenvalue weighted by Gasteiger charge is 2.03. The fraction of sp³-hybridized carbons (Fsp3) is 0.500. The van der Waals surface area contributed by atoms with Crippen molar-refractivity contribution in [2.75, 3.05) is 6.54 Å². The van der Waals surface area contributed by atoms with Crippen LogP contribution in [0.4, 0.5) is 0 Å². The minimum absolute atomic E-state index is 0.0343. The summed E-state index contributed by atoms with van der Waals surface area (Å²) >= 11 is 0. The van der Waals surface area contributed by atoms with E-state index >= 15 is 0 Å². The van der Waals surface area contributed by atoms with Gasteiger partial charge in [0.05, 0.1) is 6.54 Å². The van der Waals surface area contributed by atoms with Crippen LogP contribution in [0.25, 0.3) is 0 Å². The monoisotopic (exact) mass is 225 g/mol. The zero-order valence-corrected chi connectivity index (χ0v) is 8.93. The van der Waals surface area contributed by atoms with Crippen LogP contribution in [0.1, 0.15) is 19.3 Å². The van der Waals surface area contributed by atoms with E-state index in [9.17, 15) is 9.59 Å². The summed E-state index contributed by atoms with van der Waals surface area (Å²) < 4.78 is 1.72. The second-order valence-electron chi connectivity index (χ2n) is 3.37. The summed E-state index contributed by atoms with van der Waals surface area (Å²) in [5.74, 6) is -0.988. The predicted octanol–water partition coefficient (Wildman–Crippen LogP) is 0.254. The summed E-state index contributed by atoms with van der Waals surface area (Å²) in [4.78, 5) is 21.4. The maximum atomic E-state index is 11.2. The van der Waals surface area contributed by atoms with Gasteiger partial charge < -0.3 is 10.4 Å². The van der Waals surface area contributed by atoms with Crippen LogP contribution in [0.3, 0.4) is 0 Å². The van der Waals surface area contributed by atoms with Crippen LogP contribution in [0.5, 0.6) is 0 Å². The van der Waals surface area contributed by atoms with Gasteiger partial charge in [0, 0.05) is 31.8 Å². The van der Waals surface area contributed by atoms with Crippen molar-refractivity contribution >= 4 is 11.9 Å². The standard InChI is InChI=1S/C10H15N3O3/c14-9(3-1-4-10(15)16)11-6-8-13-7-2-5-12-13/h2,5,7H,1,3-4,6,8H2,(H,11,14)(H,15,16). The highest BCUT2D eigenvalue weighted by atomic mass is 16.4. The summed E-state index contributed by atoms with van der Waals surface area (Å²) in [6.45, 7) is 1.13. The molecule has 6 heteroatoms. The van der Waals surface area contributed by atoms with Gasteiger partial charge in [-0.05, 0) is 12.5 Å². The lowest BCUT2D eigenvalue weighted by molar-refractivity contribution is -0.137. The number of hydrogen-bond acceptors (Lipinski definition) is 3. The van der Waals surface area contributed by atoms with E-state index in [4.69, 9.17) is 5.11 Å². The van der Waals surface area contributed by atoms with Gasteiger partial charge in [0.15, 0.2) is 0 Å². The molecule has 0 aliphatic carbocycles. The third-order valence-corrected chi connectivity index (χ3v) is 2.02. The Labute approximate surface area is 93.3 Å². The molecule has 1 amide bonds. The van der Waals surface area contributed by atoms with Gasteiger partial charge >= 0.3 is 5.97 Å². The number of carboxylic acid groups (broad SMARTS) is 1. The molecule has 0 fully saturated rings. The number of aliphatic carboxylic acids is 1. The SMILES string of the molecule is O=C(O)CCCC(=O)NCCn1cccn1. The van der Waals surface area contributed by atoms with Crippen LogP contribution >= 0.6 is 0 Å². The molecule has 1 aromatic rings. The Morgan fingerprint density at radius 2 is 2.19 bits per heavy atom. The summed E-state index contributed by atoms with van der Waals surface area (Å²) in [6, 6.07) is 1.81. The van der Waals surface area contributed by atoms with Crippen LogP contribution in [0, 0.1) is 0 Å². The number of carbonyl (C=O) groups is 2. The molecule has 16 heavy (non-hydrogen) atoms. The molecule has 0 radical (unpaired) electrons. The number of aromatic nitrogens is 2. The lowest BCUT2D eigenvalue weighted by Crippen LogP contribution is -2.27. The first-order chi connectivity index (χ1) is 7.68. The van der Waals surface area contributed by atoms with Crippen molar-refractivity contribution in [3.63, 3.8) is 0 Å². The topological polar surface area (TPSA) is 84.2 Å². The smallest absolute Gasteiger partial charge is 0.303 e. The first-order valence-corrected chi connectivity index (χ1v) is 5.14. The van der Waals surface area contributed by atoms with E-state index in [0.717, 1.165) is 0 Å². The fourth-order valence-electron chi connectivity index (χ4n) is 1.23. The van der Waals surface area contributed by atoms with Crippen molar-refractivity contribution < 1.29 is 14.7 Å². The lowest BCUT2D eigenvalue weighted by Gasteiger charge is -2.04. The Morgan fingerprint density at radius 1 is 1.38 bits per heavy atom. The van der Waals surface area contributed by atoms with Crippen molar-refractivity contribution in [3.8, 4) is 0 Å². The second-order valence-corrected chi connectivity index (χ2v) is 3.37. The van der Waals surface area contributed by atoms with Gasteiger partial charge in [-0.25, -0.2) is 0 Å². The molecule has 0 aromatic carbocycles. The molecule has 0 atom stereocenters. The van der Waals surface area contributed by atoms with Crippen molar-refractivity contribution in [3.05, 3.63) is 18.5 Å². The Bertz CT molecular complexity index is 335. The van der Waals surface area contributed by atoms with Crippen LogP contribution in [0.2, 0.25) is 0 Å². The summed E-state index contributed by atoms with van der Waals surface area (Å²) in [7, 11) is 0. The molecule has 0 saturated heterocycles. The molecule has 1 heterocycles. The van der Waals surface area contributed by atoms with Crippen LogP contribution in [-0.2, 0) is 16.1 Å². The average Bonchev–Trinajstić information content (AvgIpc) is 2.70. The maximum Gasteiger partial charge on any atom is 0.303 e. The lowest BCUT2D eigenvalue weighted by atomic mass is 10.2. The van der Waals surface area contributed by atoms with Crippen LogP contribution in [0.15, 0.2) is 18.5 Å². The summed E-state index contributed by atoms with van der Waals surface area (Å²) in [6.07, 6.45) is 4.16. The molecule has 0 aliphatic heterocycles. The van der Waals surface area contributed by atoms with Gasteiger partial charge in [0.1, 0.15) is 0 Å². The van der Waals surface area contributed by atoms with Gasteiger partial charge in [0.2, 0.25) is 5.91 Å². The van der Waals surface area contributed by atoms with Crippen molar-refractivity contribution in [2.24, 2.45) is 0 Å². The van der Waals surface area contributed by atoms with E-state index in [1.807, 2.05) is 12.3 Å². The van der Waals surface area contributed by atoms with Crippen LogP contribution < -0.4 is 5.32 Å². The van der Waals surface area contributed by atoms with Gasteiger partial charge in [-0.1, -0.05) is 0 Å². The molecular formula is C10H15N3O3. The Balaban J connectivity index is 2.04. The summed E-state index contributed by atoms with van der Waals surface area (Å²) in [5.41, 5.74) is 0. The molecule has 0 saturated carbocycles. The highest BCUT2D eigenvalue weighted by Crippen LogP contribution is 1.94. The molecule has 6 nitrogen and oxygen atoms in total. The van der Waals surface area contributed by atoms with Gasteiger partial charge in [-0.3, -0.25) is 14.3 Å². The van der Waals surface area contributed by atoms with Crippen molar-refractivity contribution in [2.45, 2.75) is 25.8 Å². The van der Waals surface area contributed by atoms with E-state index in [0.29, 0.717) is 19.5 Å². The Hall–Kier alpha value is -1.85. The highest BCUT2D eigenvalue weighted by molar-refractivity contribution is 5.76. The van der Waals surface area contributed by atoms with Gasteiger partial charge in [0.25, 0.3) is 0 Å². The molecule has 0 spiro atoms. The first kappa shape index (κ1) is 12.2. The van der Waals surface area contributed by atoms with Crippen LogP contribution in [-0.4, -0.2) is 33.3 Å². The average molecular weight is 225 g/mol.